The Morgan fingerprint density at radius 3 is 2.78 bits per heavy atom. The van der Waals surface area contributed by atoms with E-state index in [2.05, 4.69) is 25.3 Å². The summed E-state index contributed by atoms with van der Waals surface area (Å²) < 4.78 is 0. The number of aromatic nitrogens is 4. The molecule has 0 atom stereocenters. The van der Waals surface area contributed by atoms with Gasteiger partial charge >= 0.3 is 0 Å². The molecular weight excluding hydrogens is 246 g/mol. The maximum atomic E-state index is 4.45. The summed E-state index contributed by atoms with van der Waals surface area (Å²) in [7, 11) is 0. The lowest BCUT2D eigenvalue weighted by Gasteiger charge is -2.06. The van der Waals surface area contributed by atoms with Crippen LogP contribution >= 0.6 is 11.8 Å². The molecule has 2 aromatic rings. The molecule has 18 heavy (non-hydrogen) atoms. The fourth-order valence-electron chi connectivity index (χ4n) is 1.33. The average Bonchev–Trinajstić information content (AvgIpc) is 2.34. The van der Waals surface area contributed by atoms with Gasteiger partial charge in [0.2, 0.25) is 5.95 Å². The molecule has 0 saturated heterocycles. The fraction of sp³-hybridized carbons (Fsp3) is 0.333. The molecule has 0 spiro atoms. The molecule has 0 saturated carbocycles. The summed E-state index contributed by atoms with van der Waals surface area (Å²) >= 11 is 1.46. The van der Waals surface area contributed by atoms with Gasteiger partial charge in [0.05, 0.1) is 0 Å². The van der Waals surface area contributed by atoms with E-state index in [4.69, 9.17) is 0 Å². The first kappa shape index (κ1) is 12.8. The summed E-state index contributed by atoms with van der Waals surface area (Å²) in [5, 5.41) is 4.68. The molecule has 0 amide bonds. The Morgan fingerprint density at radius 1 is 1.22 bits per heavy atom. The van der Waals surface area contributed by atoms with E-state index < -0.39 is 0 Å². The second kappa shape index (κ2) is 5.77. The van der Waals surface area contributed by atoms with Crippen LogP contribution in [0.1, 0.15) is 18.2 Å². The van der Waals surface area contributed by atoms with Crippen molar-refractivity contribution in [1.82, 2.24) is 19.9 Å². The Bertz CT molecular complexity index is 544. The Labute approximate surface area is 110 Å². The Hall–Kier alpha value is -1.69. The van der Waals surface area contributed by atoms with Crippen LogP contribution in [0.3, 0.4) is 0 Å². The Balaban J connectivity index is 2.25. The molecule has 0 fully saturated rings. The normalized spacial score (nSPS) is 10.4. The quantitative estimate of drug-likeness (QED) is 0.674. The zero-order chi connectivity index (χ0) is 13.0. The fourth-order valence-corrected chi connectivity index (χ4v) is 2.16. The molecule has 2 heterocycles. The predicted molar refractivity (Wildman–Crippen MR) is 71.8 cm³/mol. The van der Waals surface area contributed by atoms with Crippen LogP contribution in [0.2, 0.25) is 0 Å². The first-order valence-electron chi connectivity index (χ1n) is 5.74. The number of anilines is 1. The largest absolute Gasteiger partial charge is 0.354 e. The lowest BCUT2D eigenvalue weighted by molar-refractivity contribution is 0.919. The summed E-state index contributed by atoms with van der Waals surface area (Å²) in [5.74, 6) is 0.637. The van der Waals surface area contributed by atoms with Crippen LogP contribution in [0, 0.1) is 13.8 Å². The van der Waals surface area contributed by atoms with Crippen LogP contribution in [0.25, 0.3) is 0 Å². The molecule has 0 aliphatic carbocycles. The van der Waals surface area contributed by atoms with Crippen LogP contribution in [0.15, 0.2) is 28.6 Å². The third-order valence-corrected chi connectivity index (χ3v) is 3.21. The van der Waals surface area contributed by atoms with Crippen molar-refractivity contribution in [3.8, 4) is 0 Å². The van der Waals surface area contributed by atoms with E-state index in [-0.39, 0.29) is 0 Å². The third-order valence-electron chi connectivity index (χ3n) is 2.22. The van der Waals surface area contributed by atoms with Gasteiger partial charge in [-0.15, -0.1) is 0 Å². The molecule has 0 radical (unpaired) electrons. The van der Waals surface area contributed by atoms with Crippen molar-refractivity contribution >= 4 is 17.7 Å². The lowest BCUT2D eigenvalue weighted by atomic mass is 10.4. The zero-order valence-electron chi connectivity index (χ0n) is 10.6. The molecule has 0 aliphatic rings. The lowest BCUT2D eigenvalue weighted by Crippen LogP contribution is -2.03. The molecule has 94 valence electrons. The number of aryl methyl sites for hydroxylation is 2. The van der Waals surface area contributed by atoms with Crippen LogP contribution in [0.4, 0.5) is 5.95 Å². The minimum Gasteiger partial charge on any atom is -0.354 e. The van der Waals surface area contributed by atoms with Crippen molar-refractivity contribution in [1.29, 1.82) is 0 Å². The summed E-state index contributed by atoms with van der Waals surface area (Å²) in [4.78, 5) is 17.2. The highest BCUT2D eigenvalue weighted by Gasteiger charge is 2.07. The van der Waals surface area contributed by atoms with Crippen LogP contribution in [-0.2, 0) is 0 Å². The number of nitrogens with one attached hydrogen (secondary N) is 1. The van der Waals surface area contributed by atoms with Crippen molar-refractivity contribution < 1.29 is 0 Å². The van der Waals surface area contributed by atoms with Crippen molar-refractivity contribution in [3.05, 3.63) is 29.7 Å². The maximum Gasteiger partial charge on any atom is 0.223 e. The minimum absolute atomic E-state index is 0.637. The molecule has 0 aromatic carbocycles. The van der Waals surface area contributed by atoms with Gasteiger partial charge in [-0.2, -0.15) is 0 Å². The topological polar surface area (TPSA) is 63.6 Å². The average molecular weight is 261 g/mol. The maximum absolute atomic E-state index is 4.45. The molecule has 6 heteroatoms. The molecule has 2 aromatic heterocycles. The van der Waals surface area contributed by atoms with Crippen molar-refractivity contribution in [2.75, 3.05) is 11.9 Å². The molecule has 5 nitrogen and oxygen atoms in total. The van der Waals surface area contributed by atoms with Crippen molar-refractivity contribution in [3.63, 3.8) is 0 Å². The number of nitrogens with zero attached hydrogens (tertiary/aromatic N) is 4. The standard InChI is InChI=1S/C12H15N5S/c1-4-13-11-15-7-8(2)10(17-11)18-12-14-6-5-9(3)16-12/h5-7H,4H2,1-3H3,(H,13,15,17). The van der Waals surface area contributed by atoms with Crippen molar-refractivity contribution in [2.24, 2.45) is 0 Å². The SMILES string of the molecule is CCNc1ncc(C)c(Sc2nccc(C)n2)n1. The predicted octanol–water partition coefficient (Wildman–Crippen LogP) is 2.47. The molecule has 2 rings (SSSR count). The highest BCUT2D eigenvalue weighted by molar-refractivity contribution is 7.99. The molecular formula is C12H15N5S. The van der Waals surface area contributed by atoms with E-state index in [9.17, 15) is 0 Å². The molecule has 0 bridgehead atoms. The smallest absolute Gasteiger partial charge is 0.223 e. The summed E-state index contributed by atoms with van der Waals surface area (Å²) in [5.41, 5.74) is 1.97. The number of hydrogen-bond donors (Lipinski definition) is 1. The van der Waals surface area contributed by atoms with Gasteiger partial charge in [-0.05, 0) is 38.6 Å². The zero-order valence-corrected chi connectivity index (χ0v) is 11.5. The van der Waals surface area contributed by atoms with E-state index in [1.54, 1.807) is 6.20 Å². The van der Waals surface area contributed by atoms with E-state index in [1.807, 2.05) is 33.0 Å². The second-order valence-corrected chi connectivity index (χ2v) is 4.75. The monoisotopic (exact) mass is 261 g/mol. The summed E-state index contributed by atoms with van der Waals surface area (Å²) in [6.45, 7) is 6.74. The molecule has 1 N–H and O–H groups in total. The van der Waals surface area contributed by atoms with Gasteiger partial charge in [0.15, 0.2) is 5.16 Å². The first-order valence-corrected chi connectivity index (χ1v) is 6.55. The van der Waals surface area contributed by atoms with Crippen LogP contribution in [-0.4, -0.2) is 26.5 Å². The summed E-state index contributed by atoms with van der Waals surface area (Å²) in [6.07, 6.45) is 3.56. The van der Waals surface area contributed by atoms with Gasteiger partial charge < -0.3 is 5.32 Å². The van der Waals surface area contributed by atoms with E-state index >= 15 is 0 Å². The number of rotatable bonds is 4. The molecule has 0 aliphatic heterocycles. The van der Waals surface area contributed by atoms with Gasteiger partial charge in [-0.1, -0.05) is 0 Å². The Morgan fingerprint density at radius 2 is 2.06 bits per heavy atom. The van der Waals surface area contributed by atoms with E-state index in [1.165, 1.54) is 11.8 Å². The van der Waals surface area contributed by atoms with Crippen LogP contribution in [0.5, 0.6) is 0 Å². The summed E-state index contributed by atoms with van der Waals surface area (Å²) in [6, 6.07) is 1.88. The number of hydrogen-bond acceptors (Lipinski definition) is 6. The molecule has 0 unspecified atom stereocenters. The third kappa shape index (κ3) is 3.16. The van der Waals surface area contributed by atoms with Crippen molar-refractivity contribution in [2.45, 2.75) is 31.0 Å². The van der Waals surface area contributed by atoms with Gasteiger partial charge in [-0.3, -0.25) is 0 Å². The van der Waals surface area contributed by atoms with E-state index in [0.717, 1.165) is 22.8 Å². The first-order chi connectivity index (χ1) is 8.69. The van der Waals surface area contributed by atoms with E-state index in [0.29, 0.717) is 11.1 Å². The van der Waals surface area contributed by atoms with Gasteiger partial charge in [0, 0.05) is 30.2 Å². The second-order valence-electron chi connectivity index (χ2n) is 3.79. The highest BCUT2D eigenvalue weighted by atomic mass is 32.2. The Kier molecular flexibility index (Phi) is 4.09. The highest BCUT2D eigenvalue weighted by Crippen LogP contribution is 2.25. The van der Waals surface area contributed by atoms with Gasteiger partial charge in [-0.25, -0.2) is 19.9 Å². The van der Waals surface area contributed by atoms with Crippen LogP contribution < -0.4 is 5.32 Å². The van der Waals surface area contributed by atoms with Gasteiger partial charge in [0.25, 0.3) is 0 Å². The minimum atomic E-state index is 0.637. The van der Waals surface area contributed by atoms with Gasteiger partial charge in [0.1, 0.15) is 5.03 Å².